The van der Waals surface area contributed by atoms with Gasteiger partial charge in [-0.05, 0) is 35.5 Å². The Morgan fingerprint density at radius 2 is 2.07 bits per heavy atom. The molecule has 1 N–H and O–H groups in total. The van der Waals surface area contributed by atoms with Crippen molar-refractivity contribution in [1.29, 1.82) is 0 Å². The Morgan fingerprint density at radius 3 is 2.70 bits per heavy atom. The molecule has 0 aliphatic carbocycles. The average Bonchev–Trinajstić information content (AvgIpc) is 3.08. The molecule has 1 aromatic carbocycles. The van der Waals surface area contributed by atoms with Gasteiger partial charge in [-0.2, -0.15) is 0 Å². The van der Waals surface area contributed by atoms with Crippen molar-refractivity contribution in [2.75, 3.05) is 33.3 Å². The van der Waals surface area contributed by atoms with Crippen LogP contribution in [0.4, 0.5) is 9.18 Å². The number of methoxy groups -OCH3 is 1. The maximum atomic E-state index is 13.5. The summed E-state index contributed by atoms with van der Waals surface area (Å²) in [6, 6.07) is 4.09. The molecule has 1 aliphatic heterocycles. The summed E-state index contributed by atoms with van der Waals surface area (Å²) in [7, 11) is 3.31. The number of halogens is 1. The SMILES string of the molecule is COc1ccc(F)cc1CN1CCN(C(=O)N[C@@H](C)c2nnnn2C)CC1. The average molecular weight is 377 g/mol. The number of hydrogen-bond donors (Lipinski definition) is 1. The van der Waals surface area contributed by atoms with Crippen molar-refractivity contribution < 1.29 is 13.9 Å². The van der Waals surface area contributed by atoms with Gasteiger partial charge in [0.25, 0.3) is 0 Å². The van der Waals surface area contributed by atoms with Crippen molar-refractivity contribution >= 4 is 6.03 Å². The minimum absolute atomic E-state index is 0.145. The van der Waals surface area contributed by atoms with Gasteiger partial charge in [-0.25, -0.2) is 13.9 Å². The van der Waals surface area contributed by atoms with E-state index in [2.05, 4.69) is 25.7 Å². The maximum Gasteiger partial charge on any atom is 0.318 e. The smallest absolute Gasteiger partial charge is 0.318 e. The highest BCUT2D eigenvalue weighted by atomic mass is 19.1. The summed E-state index contributed by atoms with van der Waals surface area (Å²) in [6.07, 6.45) is 0. The first kappa shape index (κ1) is 19.0. The van der Waals surface area contributed by atoms with Gasteiger partial charge in [-0.3, -0.25) is 4.90 Å². The van der Waals surface area contributed by atoms with Crippen molar-refractivity contribution in [2.24, 2.45) is 7.05 Å². The van der Waals surface area contributed by atoms with Crippen LogP contribution in [-0.4, -0.2) is 69.3 Å². The Morgan fingerprint density at radius 1 is 1.33 bits per heavy atom. The predicted molar refractivity (Wildman–Crippen MR) is 95.5 cm³/mol. The summed E-state index contributed by atoms with van der Waals surface area (Å²) in [5.74, 6) is 0.985. The van der Waals surface area contributed by atoms with E-state index in [0.29, 0.717) is 44.3 Å². The lowest BCUT2D eigenvalue weighted by Gasteiger charge is -2.35. The minimum atomic E-state index is -0.285. The van der Waals surface area contributed by atoms with Gasteiger partial charge >= 0.3 is 6.03 Å². The van der Waals surface area contributed by atoms with Crippen LogP contribution in [0.2, 0.25) is 0 Å². The molecule has 0 bridgehead atoms. The van der Waals surface area contributed by atoms with E-state index in [-0.39, 0.29) is 17.9 Å². The first-order valence-corrected chi connectivity index (χ1v) is 8.80. The lowest BCUT2D eigenvalue weighted by molar-refractivity contribution is 0.132. The molecule has 1 fully saturated rings. The molecule has 1 atom stereocenters. The first-order chi connectivity index (χ1) is 13.0. The molecule has 146 valence electrons. The van der Waals surface area contributed by atoms with E-state index in [0.717, 1.165) is 5.56 Å². The lowest BCUT2D eigenvalue weighted by Crippen LogP contribution is -2.51. The first-order valence-electron chi connectivity index (χ1n) is 8.80. The molecule has 0 radical (unpaired) electrons. The zero-order valence-corrected chi connectivity index (χ0v) is 15.7. The number of hydrogen-bond acceptors (Lipinski definition) is 6. The molecule has 0 unspecified atom stereocenters. The third kappa shape index (κ3) is 4.51. The minimum Gasteiger partial charge on any atom is -0.496 e. The van der Waals surface area contributed by atoms with Crippen LogP contribution in [0.5, 0.6) is 5.75 Å². The second kappa shape index (κ2) is 8.30. The molecule has 1 aromatic heterocycles. The van der Waals surface area contributed by atoms with Gasteiger partial charge in [0, 0.05) is 45.3 Å². The lowest BCUT2D eigenvalue weighted by atomic mass is 10.1. The van der Waals surface area contributed by atoms with E-state index in [4.69, 9.17) is 4.74 Å². The fourth-order valence-corrected chi connectivity index (χ4v) is 3.16. The highest BCUT2D eigenvalue weighted by Crippen LogP contribution is 2.21. The Bertz CT molecular complexity index is 789. The van der Waals surface area contributed by atoms with Crippen molar-refractivity contribution in [2.45, 2.75) is 19.5 Å². The summed E-state index contributed by atoms with van der Waals surface area (Å²) in [5, 5.41) is 14.2. The number of aromatic nitrogens is 4. The van der Waals surface area contributed by atoms with Gasteiger partial charge in [0.15, 0.2) is 5.82 Å². The summed E-state index contributed by atoms with van der Waals surface area (Å²) in [4.78, 5) is 16.4. The fourth-order valence-electron chi connectivity index (χ4n) is 3.16. The van der Waals surface area contributed by atoms with Crippen LogP contribution in [0.1, 0.15) is 24.4 Å². The fraction of sp³-hybridized carbons (Fsp3) is 0.529. The molecule has 1 aliphatic rings. The molecule has 2 amide bonds. The largest absolute Gasteiger partial charge is 0.496 e. The number of urea groups is 1. The van der Waals surface area contributed by atoms with Gasteiger partial charge in [0.2, 0.25) is 0 Å². The highest BCUT2D eigenvalue weighted by Gasteiger charge is 2.24. The van der Waals surface area contributed by atoms with Crippen molar-refractivity contribution in [1.82, 2.24) is 35.3 Å². The summed E-state index contributed by atoms with van der Waals surface area (Å²) >= 11 is 0. The number of amides is 2. The van der Waals surface area contributed by atoms with Gasteiger partial charge in [0.05, 0.1) is 13.2 Å². The predicted octanol–water partition coefficient (Wildman–Crippen LogP) is 0.946. The van der Waals surface area contributed by atoms with Crippen molar-refractivity contribution in [3.8, 4) is 5.75 Å². The van der Waals surface area contributed by atoms with Crippen molar-refractivity contribution in [3.05, 3.63) is 35.4 Å². The van der Waals surface area contributed by atoms with E-state index in [1.165, 1.54) is 16.8 Å². The van der Waals surface area contributed by atoms with E-state index >= 15 is 0 Å². The molecule has 9 nitrogen and oxygen atoms in total. The topological polar surface area (TPSA) is 88.4 Å². The van der Waals surface area contributed by atoms with E-state index < -0.39 is 0 Å². The Kier molecular flexibility index (Phi) is 5.84. The van der Waals surface area contributed by atoms with Gasteiger partial charge in [-0.1, -0.05) is 0 Å². The number of ether oxygens (including phenoxy) is 1. The second-order valence-electron chi connectivity index (χ2n) is 6.55. The van der Waals surface area contributed by atoms with Gasteiger partial charge < -0.3 is 15.0 Å². The summed E-state index contributed by atoms with van der Waals surface area (Å²) < 4.78 is 20.4. The highest BCUT2D eigenvalue weighted by molar-refractivity contribution is 5.74. The van der Waals surface area contributed by atoms with Crippen LogP contribution in [0.3, 0.4) is 0 Å². The van der Waals surface area contributed by atoms with Gasteiger partial charge in [-0.15, -0.1) is 5.10 Å². The number of tetrazole rings is 1. The Balaban J connectivity index is 1.52. The van der Waals surface area contributed by atoms with E-state index in [1.54, 1.807) is 25.1 Å². The number of piperazine rings is 1. The van der Waals surface area contributed by atoms with Crippen LogP contribution >= 0.6 is 0 Å². The van der Waals surface area contributed by atoms with Crippen LogP contribution in [-0.2, 0) is 13.6 Å². The zero-order chi connectivity index (χ0) is 19.4. The van der Waals surface area contributed by atoms with Crippen LogP contribution in [0, 0.1) is 5.82 Å². The normalized spacial score (nSPS) is 16.2. The van der Waals surface area contributed by atoms with Crippen LogP contribution in [0.15, 0.2) is 18.2 Å². The molecular weight excluding hydrogens is 353 g/mol. The molecule has 0 saturated carbocycles. The summed E-state index contributed by atoms with van der Waals surface area (Å²) in [5.41, 5.74) is 0.804. The molecule has 2 aromatic rings. The Hall–Kier alpha value is -2.75. The summed E-state index contributed by atoms with van der Waals surface area (Å²) in [6.45, 7) is 5.01. The molecule has 3 rings (SSSR count). The maximum absolute atomic E-state index is 13.5. The number of aryl methyl sites for hydroxylation is 1. The van der Waals surface area contributed by atoms with Crippen molar-refractivity contribution in [3.63, 3.8) is 0 Å². The number of carbonyl (C=O) groups excluding carboxylic acids is 1. The molecule has 2 heterocycles. The van der Waals surface area contributed by atoms with Gasteiger partial charge in [0.1, 0.15) is 11.6 Å². The second-order valence-corrected chi connectivity index (χ2v) is 6.55. The number of carbonyl (C=O) groups is 1. The molecule has 1 saturated heterocycles. The number of benzene rings is 1. The van der Waals surface area contributed by atoms with Crippen LogP contribution < -0.4 is 10.1 Å². The Labute approximate surface area is 157 Å². The number of nitrogens with one attached hydrogen (secondary N) is 1. The molecule has 0 spiro atoms. The monoisotopic (exact) mass is 377 g/mol. The standard InChI is InChI=1S/C17H24FN7O2/c1-12(16-20-21-22-23(16)2)19-17(26)25-8-6-24(7-9-25)11-13-10-14(18)4-5-15(13)27-3/h4-5,10,12H,6-9,11H2,1-3H3,(H,19,26)/t12-/m0/s1. The molecular formula is C17H24FN7O2. The zero-order valence-electron chi connectivity index (χ0n) is 15.7. The van der Waals surface area contributed by atoms with E-state index in [1.807, 2.05) is 6.92 Å². The van der Waals surface area contributed by atoms with Crippen LogP contribution in [0.25, 0.3) is 0 Å². The quantitative estimate of drug-likeness (QED) is 0.835. The van der Waals surface area contributed by atoms with E-state index in [9.17, 15) is 9.18 Å². The molecule has 27 heavy (non-hydrogen) atoms. The third-order valence-electron chi connectivity index (χ3n) is 4.68. The number of nitrogens with zero attached hydrogens (tertiary/aromatic N) is 6. The molecule has 10 heteroatoms. The number of rotatable bonds is 5. The third-order valence-corrected chi connectivity index (χ3v) is 4.68.